The first-order chi connectivity index (χ1) is 15.5. The molecule has 1 aromatic heterocycles. The zero-order valence-corrected chi connectivity index (χ0v) is 20.2. The molecule has 1 aliphatic heterocycles. The summed E-state index contributed by atoms with van der Waals surface area (Å²) in [7, 11) is 0. The Bertz CT molecular complexity index is 1070. The molecule has 0 unspecified atom stereocenters. The number of fused-ring (bicyclic) bond motifs is 1. The molecule has 5 nitrogen and oxygen atoms in total. The summed E-state index contributed by atoms with van der Waals surface area (Å²) in [6, 6.07) is 12.6. The van der Waals surface area contributed by atoms with Gasteiger partial charge in [-0.1, -0.05) is 48.6 Å². The highest BCUT2D eigenvalue weighted by Crippen LogP contribution is 2.31. The van der Waals surface area contributed by atoms with Gasteiger partial charge in [-0.05, 0) is 55.0 Å². The summed E-state index contributed by atoms with van der Waals surface area (Å²) in [6.45, 7) is 11.5. The summed E-state index contributed by atoms with van der Waals surface area (Å²) in [6.07, 6.45) is 2.26. The number of ether oxygens (including phenoxy) is 1. The average molecular weight is 452 g/mol. The van der Waals surface area contributed by atoms with E-state index in [0.717, 1.165) is 66.6 Å². The van der Waals surface area contributed by atoms with E-state index in [0.29, 0.717) is 13.0 Å². The van der Waals surface area contributed by atoms with Crippen LogP contribution in [0.2, 0.25) is 0 Å². The highest BCUT2D eigenvalue weighted by Gasteiger charge is 2.21. The summed E-state index contributed by atoms with van der Waals surface area (Å²) in [5.41, 5.74) is 5.81. The number of rotatable bonds is 8. The Kier molecular flexibility index (Phi) is 7.55. The summed E-state index contributed by atoms with van der Waals surface area (Å²) < 4.78 is 6.61. The van der Waals surface area contributed by atoms with E-state index < -0.39 is 0 Å². The number of nitrogens with zero attached hydrogens (tertiary/aromatic N) is 3. The van der Waals surface area contributed by atoms with Crippen molar-refractivity contribution in [3.63, 3.8) is 0 Å². The van der Waals surface area contributed by atoms with Crippen LogP contribution in [0.4, 0.5) is 5.13 Å². The molecule has 170 valence electrons. The Morgan fingerprint density at radius 3 is 2.72 bits per heavy atom. The van der Waals surface area contributed by atoms with Crippen LogP contribution in [0, 0.1) is 13.8 Å². The van der Waals surface area contributed by atoms with Gasteiger partial charge in [0.25, 0.3) is 0 Å². The molecule has 32 heavy (non-hydrogen) atoms. The molecule has 0 spiro atoms. The lowest BCUT2D eigenvalue weighted by Gasteiger charge is -2.27. The van der Waals surface area contributed by atoms with Gasteiger partial charge in [0, 0.05) is 26.2 Å². The van der Waals surface area contributed by atoms with Gasteiger partial charge < -0.3 is 4.74 Å². The number of benzene rings is 2. The number of para-hydroxylation sites is 1. The van der Waals surface area contributed by atoms with Crippen LogP contribution in [0.5, 0.6) is 0 Å². The number of aromatic nitrogens is 1. The predicted molar refractivity (Wildman–Crippen MR) is 133 cm³/mol. The molecule has 0 radical (unpaired) electrons. The highest BCUT2D eigenvalue weighted by molar-refractivity contribution is 7.22. The quantitative estimate of drug-likeness (QED) is 0.495. The summed E-state index contributed by atoms with van der Waals surface area (Å²) >= 11 is 1.63. The molecule has 1 aliphatic rings. The lowest BCUT2D eigenvalue weighted by molar-refractivity contribution is -0.118. The van der Waals surface area contributed by atoms with Crippen molar-refractivity contribution in [2.24, 2.45) is 0 Å². The fourth-order valence-corrected chi connectivity index (χ4v) is 5.24. The van der Waals surface area contributed by atoms with Crippen molar-refractivity contribution in [1.82, 2.24) is 9.88 Å². The normalized spacial score (nSPS) is 14.7. The van der Waals surface area contributed by atoms with E-state index in [1.807, 2.05) is 4.90 Å². The number of hydrogen-bond donors (Lipinski definition) is 0. The molecule has 0 N–H and O–H groups in total. The summed E-state index contributed by atoms with van der Waals surface area (Å²) in [4.78, 5) is 22.8. The lowest BCUT2D eigenvalue weighted by Crippen LogP contribution is -2.39. The van der Waals surface area contributed by atoms with Crippen LogP contribution in [0.3, 0.4) is 0 Å². The van der Waals surface area contributed by atoms with Crippen molar-refractivity contribution in [3.05, 3.63) is 58.7 Å². The van der Waals surface area contributed by atoms with Crippen LogP contribution >= 0.6 is 11.3 Å². The van der Waals surface area contributed by atoms with Gasteiger partial charge in [-0.2, -0.15) is 0 Å². The van der Waals surface area contributed by atoms with Gasteiger partial charge in [0.05, 0.1) is 29.9 Å². The van der Waals surface area contributed by atoms with E-state index >= 15 is 0 Å². The van der Waals surface area contributed by atoms with Crippen LogP contribution in [-0.2, 0) is 22.4 Å². The average Bonchev–Trinajstić information content (AvgIpc) is 3.23. The third-order valence-electron chi connectivity index (χ3n) is 6.29. The fourth-order valence-electron chi connectivity index (χ4n) is 4.18. The van der Waals surface area contributed by atoms with Crippen LogP contribution < -0.4 is 4.90 Å². The summed E-state index contributed by atoms with van der Waals surface area (Å²) in [5.74, 6) is 0.118. The minimum absolute atomic E-state index is 0.118. The molecule has 3 aromatic rings. The third-order valence-corrected chi connectivity index (χ3v) is 7.33. The number of carbonyl (C=O) groups excluding carboxylic acids is 1. The Balaban J connectivity index is 1.55. The number of amides is 1. The molecule has 2 heterocycles. The smallest absolute Gasteiger partial charge is 0.233 e. The van der Waals surface area contributed by atoms with Crippen molar-refractivity contribution in [2.45, 2.75) is 40.0 Å². The van der Waals surface area contributed by atoms with Crippen LogP contribution in [0.1, 0.15) is 35.6 Å². The molecule has 1 saturated heterocycles. The van der Waals surface area contributed by atoms with Crippen molar-refractivity contribution < 1.29 is 9.53 Å². The Morgan fingerprint density at radius 2 is 1.97 bits per heavy atom. The molecule has 6 heteroatoms. The minimum Gasteiger partial charge on any atom is -0.379 e. The Labute approximate surface area is 195 Å². The maximum atomic E-state index is 13.5. The standard InChI is InChI=1S/C26H33N3O2S/c1-4-22-7-5-8-23-25(22)27-26(32-23)29(12-6-11-28-13-15-31-16-14-28)24(30)18-21-10-9-19(2)20(3)17-21/h5,7-10,17H,4,6,11-16,18H2,1-3H3. The number of aryl methyl sites for hydroxylation is 3. The van der Waals surface area contributed by atoms with Gasteiger partial charge in [0.2, 0.25) is 5.91 Å². The molecule has 0 atom stereocenters. The van der Waals surface area contributed by atoms with Gasteiger partial charge in [-0.15, -0.1) is 0 Å². The van der Waals surface area contributed by atoms with Gasteiger partial charge in [-0.3, -0.25) is 14.6 Å². The lowest BCUT2D eigenvalue weighted by atomic mass is 10.0. The number of carbonyl (C=O) groups is 1. The highest BCUT2D eigenvalue weighted by atomic mass is 32.1. The minimum atomic E-state index is 0.118. The number of anilines is 1. The number of morpholine rings is 1. The van der Waals surface area contributed by atoms with Crippen LogP contribution in [0.15, 0.2) is 36.4 Å². The van der Waals surface area contributed by atoms with Gasteiger partial charge in [0.1, 0.15) is 0 Å². The van der Waals surface area contributed by atoms with Gasteiger partial charge in [0.15, 0.2) is 5.13 Å². The second-order valence-electron chi connectivity index (χ2n) is 8.56. The molecule has 2 aromatic carbocycles. The van der Waals surface area contributed by atoms with E-state index in [-0.39, 0.29) is 5.91 Å². The maximum absolute atomic E-state index is 13.5. The summed E-state index contributed by atoms with van der Waals surface area (Å²) in [5, 5.41) is 0.816. The van der Waals surface area contributed by atoms with E-state index in [4.69, 9.17) is 9.72 Å². The SMILES string of the molecule is CCc1cccc2sc(N(CCCN3CCOCC3)C(=O)Cc3ccc(C)c(C)c3)nc12. The number of thiazole rings is 1. The number of hydrogen-bond acceptors (Lipinski definition) is 5. The Hall–Kier alpha value is -2.28. The van der Waals surface area contributed by atoms with Crippen molar-refractivity contribution in [1.29, 1.82) is 0 Å². The van der Waals surface area contributed by atoms with Crippen molar-refractivity contribution in [3.8, 4) is 0 Å². The monoisotopic (exact) mass is 451 g/mol. The second-order valence-corrected chi connectivity index (χ2v) is 9.57. The zero-order chi connectivity index (χ0) is 22.5. The first-order valence-electron chi connectivity index (χ1n) is 11.6. The van der Waals surface area contributed by atoms with Crippen molar-refractivity contribution >= 4 is 32.6 Å². The molecular formula is C26H33N3O2S. The largest absolute Gasteiger partial charge is 0.379 e. The maximum Gasteiger partial charge on any atom is 0.233 e. The van der Waals surface area contributed by atoms with Crippen LogP contribution in [0.25, 0.3) is 10.2 Å². The van der Waals surface area contributed by atoms with Crippen LogP contribution in [-0.4, -0.2) is 55.2 Å². The Morgan fingerprint density at radius 1 is 1.16 bits per heavy atom. The first-order valence-corrected chi connectivity index (χ1v) is 12.4. The topological polar surface area (TPSA) is 45.7 Å². The molecule has 4 rings (SSSR count). The molecule has 1 fully saturated rings. The van der Waals surface area contributed by atoms with Crippen molar-refractivity contribution in [2.75, 3.05) is 44.3 Å². The van der Waals surface area contributed by atoms with E-state index in [1.54, 1.807) is 11.3 Å². The molecule has 1 amide bonds. The third kappa shape index (κ3) is 5.37. The first kappa shape index (κ1) is 22.9. The van der Waals surface area contributed by atoms with Gasteiger partial charge >= 0.3 is 0 Å². The van der Waals surface area contributed by atoms with E-state index in [2.05, 4.69) is 62.1 Å². The van der Waals surface area contributed by atoms with E-state index in [9.17, 15) is 4.79 Å². The fraction of sp³-hybridized carbons (Fsp3) is 0.462. The predicted octanol–water partition coefficient (Wildman–Crippen LogP) is 4.77. The zero-order valence-electron chi connectivity index (χ0n) is 19.4. The molecular weight excluding hydrogens is 418 g/mol. The molecule has 0 bridgehead atoms. The molecule has 0 aliphatic carbocycles. The second kappa shape index (κ2) is 10.6. The van der Waals surface area contributed by atoms with E-state index in [1.165, 1.54) is 16.7 Å². The van der Waals surface area contributed by atoms with Gasteiger partial charge in [-0.25, -0.2) is 4.98 Å². The molecule has 0 saturated carbocycles.